The zero-order chi connectivity index (χ0) is 14.0. The van der Waals surface area contributed by atoms with Gasteiger partial charge < -0.3 is 21.1 Å². The first-order valence-corrected chi connectivity index (χ1v) is 6.52. The van der Waals surface area contributed by atoms with E-state index in [9.17, 15) is 4.79 Å². The van der Waals surface area contributed by atoms with Crippen molar-refractivity contribution in [2.45, 2.75) is 32.2 Å². The number of amides is 1. The van der Waals surface area contributed by atoms with E-state index in [1.165, 1.54) is 4.90 Å². The molecule has 1 heterocycles. The van der Waals surface area contributed by atoms with Crippen molar-refractivity contribution in [3.63, 3.8) is 0 Å². The number of rotatable bonds is 2. The molecule has 1 aromatic rings. The van der Waals surface area contributed by atoms with Gasteiger partial charge in [-0.3, -0.25) is 0 Å². The van der Waals surface area contributed by atoms with Gasteiger partial charge >= 0.3 is 6.09 Å². The molecule has 5 heteroatoms. The summed E-state index contributed by atoms with van der Waals surface area (Å²) in [6.07, 6.45) is 0.733. The maximum atomic E-state index is 10.9. The van der Waals surface area contributed by atoms with Crippen LogP contribution in [0.4, 0.5) is 16.2 Å². The van der Waals surface area contributed by atoms with Crippen molar-refractivity contribution in [2.75, 3.05) is 24.1 Å². The zero-order valence-corrected chi connectivity index (χ0v) is 11.4. The molecule has 1 aliphatic rings. The molecule has 0 saturated carbocycles. The number of aryl methyl sites for hydroxylation is 1. The summed E-state index contributed by atoms with van der Waals surface area (Å²) in [7, 11) is 0. The second-order valence-electron chi connectivity index (χ2n) is 5.55. The molecule has 0 aliphatic carbocycles. The van der Waals surface area contributed by atoms with Crippen molar-refractivity contribution in [3.8, 4) is 0 Å². The average molecular weight is 263 g/mol. The summed E-state index contributed by atoms with van der Waals surface area (Å²) >= 11 is 0. The minimum atomic E-state index is -0.836. The summed E-state index contributed by atoms with van der Waals surface area (Å²) < 4.78 is 0. The predicted octanol–water partition coefficient (Wildman–Crippen LogP) is 2.52. The molecule has 0 spiro atoms. The van der Waals surface area contributed by atoms with Crippen LogP contribution in [0.15, 0.2) is 18.2 Å². The number of nitrogens with one attached hydrogen (secondary N) is 1. The van der Waals surface area contributed by atoms with Gasteiger partial charge in [0.05, 0.1) is 11.4 Å². The van der Waals surface area contributed by atoms with Crippen molar-refractivity contribution in [1.29, 1.82) is 0 Å². The first kappa shape index (κ1) is 13.5. The third-order valence-corrected chi connectivity index (χ3v) is 3.78. The van der Waals surface area contributed by atoms with Gasteiger partial charge in [-0.1, -0.05) is 6.07 Å². The van der Waals surface area contributed by atoms with Crippen LogP contribution in [0.2, 0.25) is 0 Å². The van der Waals surface area contributed by atoms with E-state index >= 15 is 0 Å². The van der Waals surface area contributed by atoms with E-state index in [0.717, 1.165) is 29.8 Å². The molecule has 0 radical (unpaired) electrons. The Bertz CT molecular complexity index is 480. The van der Waals surface area contributed by atoms with Crippen molar-refractivity contribution in [2.24, 2.45) is 0 Å². The highest BCUT2D eigenvalue weighted by atomic mass is 16.4. The summed E-state index contributed by atoms with van der Waals surface area (Å²) in [4.78, 5) is 12.4. The van der Waals surface area contributed by atoms with Gasteiger partial charge in [0.2, 0.25) is 0 Å². The van der Waals surface area contributed by atoms with Gasteiger partial charge in [0.25, 0.3) is 0 Å². The monoisotopic (exact) mass is 263 g/mol. The van der Waals surface area contributed by atoms with E-state index in [1.54, 1.807) is 0 Å². The molecule has 0 atom stereocenters. The second-order valence-corrected chi connectivity index (χ2v) is 5.55. The van der Waals surface area contributed by atoms with Crippen molar-refractivity contribution in [1.82, 2.24) is 4.90 Å². The minimum absolute atomic E-state index is 0.103. The number of piperidine rings is 1. The normalized spacial score (nSPS) is 18.1. The molecule has 104 valence electrons. The smallest absolute Gasteiger partial charge is 0.407 e. The largest absolute Gasteiger partial charge is 0.465 e. The lowest BCUT2D eigenvalue weighted by molar-refractivity contribution is 0.124. The second kappa shape index (κ2) is 4.99. The molecule has 0 bridgehead atoms. The van der Waals surface area contributed by atoms with Gasteiger partial charge in [-0.15, -0.1) is 0 Å². The molecule has 1 aromatic carbocycles. The van der Waals surface area contributed by atoms with Crippen LogP contribution in [0.3, 0.4) is 0 Å². The molecular weight excluding hydrogens is 242 g/mol. The van der Waals surface area contributed by atoms with Crippen LogP contribution >= 0.6 is 0 Å². The van der Waals surface area contributed by atoms with Crippen LogP contribution in [-0.4, -0.2) is 34.7 Å². The maximum Gasteiger partial charge on any atom is 0.407 e. The third kappa shape index (κ3) is 3.10. The number of likely N-dealkylation sites (tertiary alicyclic amines) is 1. The van der Waals surface area contributed by atoms with Crippen molar-refractivity contribution in [3.05, 3.63) is 23.8 Å². The fourth-order valence-electron chi connectivity index (χ4n) is 2.42. The summed E-state index contributed by atoms with van der Waals surface area (Å²) in [5.41, 5.74) is 8.69. The molecule has 0 unspecified atom stereocenters. The van der Waals surface area contributed by atoms with Crippen LogP contribution in [0, 0.1) is 6.92 Å². The SMILES string of the molecule is Cc1ccc(N)c(NC2(C)CCN(C(=O)O)CC2)c1. The van der Waals surface area contributed by atoms with E-state index in [2.05, 4.69) is 12.2 Å². The third-order valence-electron chi connectivity index (χ3n) is 3.78. The number of anilines is 2. The molecular formula is C14H21N3O2. The number of carboxylic acid groups (broad SMARTS) is 1. The Morgan fingerprint density at radius 2 is 2.05 bits per heavy atom. The molecule has 2 rings (SSSR count). The molecule has 4 N–H and O–H groups in total. The van der Waals surface area contributed by atoms with Crippen molar-refractivity contribution < 1.29 is 9.90 Å². The highest BCUT2D eigenvalue weighted by Crippen LogP contribution is 2.30. The van der Waals surface area contributed by atoms with Gasteiger partial charge in [-0.05, 0) is 44.4 Å². The van der Waals surface area contributed by atoms with E-state index in [0.29, 0.717) is 13.1 Å². The van der Waals surface area contributed by atoms with Gasteiger partial charge in [0, 0.05) is 18.6 Å². The lowest BCUT2D eigenvalue weighted by Crippen LogP contribution is -2.48. The minimum Gasteiger partial charge on any atom is -0.465 e. The summed E-state index contributed by atoms with van der Waals surface area (Å²) in [6, 6.07) is 5.91. The maximum absolute atomic E-state index is 10.9. The number of nitrogens with two attached hydrogens (primary N) is 1. The Kier molecular flexibility index (Phi) is 3.55. The van der Waals surface area contributed by atoms with Gasteiger partial charge in [-0.25, -0.2) is 4.79 Å². The van der Waals surface area contributed by atoms with Gasteiger partial charge in [0.15, 0.2) is 0 Å². The molecule has 0 aromatic heterocycles. The number of carbonyl (C=O) groups is 1. The Morgan fingerprint density at radius 1 is 1.42 bits per heavy atom. The molecule has 1 saturated heterocycles. The average Bonchev–Trinajstić information content (AvgIpc) is 2.34. The number of benzene rings is 1. The number of nitrogens with zero attached hydrogens (tertiary/aromatic N) is 1. The highest BCUT2D eigenvalue weighted by molar-refractivity contribution is 5.68. The van der Waals surface area contributed by atoms with Crippen molar-refractivity contribution >= 4 is 17.5 Å². The summed E-state index contributed by atoms with van der Waals surface area (Å²) in [6.45, 7) is 5.27. The van der Waals surface area contributed by atoms with Crippen LogP contribution < -0.4 is 11.1 Å². The molecule has 1 amide bonds. The van der Waals surface area contributed by atoms with Crippen LogP contribution in [0.5, 0.6) is 0 Å². The Balaban J connectivity index is 2.07. The van der Waals surface area contributed by atoms with Gasteiger partial charge in [0.1, 0.15) is 0 Å². The summed E-state index contributed by atoms with van der Waals surface area (Å²) in [5, 5.41) is 12.4. The topological polar surface area (TPSA) is 78.6 Å². The lowest BCUT2D eigenvalue weighted by atomic mass is 9.89. The zero-order valence-electron chi connectivity index (χ0n) is 11.4. The van der Waals surface area contributed by atoms with E-state index in [1.807, 2.05) is 25.1 Å². The van der Waals surface area contributed by atoms with Crippen LogP contribution in [0.25, 0.3) is 0 Å². The first-order chi connectivity index (χ1) is 8.89. The standard InChI is InChI=1S/C14H21N3O2/c1-10-3-4-11(15)12(9-10)16-14(2)5-7-17(8-6-14)13(18)19/h3-4,9,16H,5-8,15H2,1-2H3,(H,18,19). The van der Waals surface area contributed by atoms with Crippen LogP contribution in [-0.2, 0) is 0 Å². The van der Waals surface area contributed by atoms with Crippen LogP contribution in [0.1, 0.15) is 25.3 Å². The molecule has 5 nitrogen and oxygen atoms in total. The quantitative estimate of drug-likeness (QED) is 0.716. The first-order valence-electron chi connectivity index (χ1n) is 6.52. The molecule has 19 heavy (non-hydrogen) atoms. The fourth-order valence-corrected chi connectivity index (χ4v) is 2.42. The Hall–Kier alpha value is -1.91. The number of hydrogen-bond donors (Lipinski definition) is 3. The number of nitrogen functional groups attached to an aromatic ring is 1. The molecule has 1 aliphatic heterocycles. The predicted molar refractivity (Wildman–Crippen MR) is 76.5 cm³/mol. The van der Waals surface area contributed by atoms with E-state index in [-0.39, 0.29) is 5.54 Å². The van der Waals surface area contributed by atoms with E-state index < -0.39 is 6.09 Å². The Labute approximate surface area is 113 Å². The number of hydrogen-bond acceptors (Lipinski definition) is 3. The summed E-state index contributed by atoms with van der Waals surface area (Å²) in [5.74, 6) is 0. The molecule has 1 fully saturated rings. The fraction of sp³-hybridized carbons (Fsp3) is 0.500. The van der Waals surface area contributed by atoms with Gasteiger partial charge in [-0.2, -0.15) is 0 Å². The highest BCUT2D eigenvalue weighted by Gasteiger charge is 2.32. The Morgan fingerprint density at radius 3 is 2.63 bits per heavy atom. The van der Waals surface area contributed by atoms with E-state index in [4.69, 9.17) is 10.8 Å². The lowest BCUT2D eigenvalue weighted by Gasteiger charge is -2.39.